The summed E-state index contributed by atoms with van der Waals surface area (Å²) in [4.78, 5) is 39.9. The third-order valence-electron chi connectivity index (χ3n) is 7.17. The number of allylic oxidation sites excluding steroid dienone is 3. The zero-order chi connectivity index (χ0) is 28.6. The van der Waals surface area contributed by atoms with Crippen molar-refractivity contribution in [3.05, 3.63) is 130 Å². The zero-order valence-electron chi connectivity index (χ0n) is 22.7. The van der Waals surface area contributed by atoms with Crippen molar-refractivity contribution in [3.63, 3.8) is 0 Å². The van der Waals surface area contributed by atoms with Crippen LogP contribution in [0.2, 0.25) is 0 Å². The molecule has 0 saturated carbocycles. The number of hydrogen-bond acceptors (Lipinski definition) is 4. The number of thiophene rings is 1. The van der Waals surface area contributed by atoms with Crippen LogP contribution in [0, 0.1) is 0 Å². The molecular weight excluding hydrogens is 532 g/mol. The highest BCUT2D eigenvalue weighted by Crippen LogP contribution is 2.32. The van der Waals surface area contributed by atoms with E-state index in [1.165, 1.54) is 16.9 Å². The van der Waals surface area contributed by atoms with Gasteiger partial charge in [-0.05, 0) is 59.2 Å². The molecule has 0 spiro atoms. The zero-order valence-corrected chi connectivity index (χ0v) is 23.5. The molecule has 208 valence electrons. The molecule has 2 N–H and O–H groups in total. The Morgan fingerprint density at radius 1 is 0.927 bits per heavy atom. The van der Waals surface area contributed by atoms with Gasteiger partial charge in [0.2, 0.25) is 0 Å². The number of rotatable bonds is 11. The van der Waals surface area contributed by atoms with Crippen LogP contribution in [0.1, 0.15) is 56.3 Å². The van der Waals surface area contributed by atoms with E-state index in [2.05, 4.69) is 35.7 Å². The molecule has 0 radical (unpaired) electrons. The predicted molar refractivity (Wildman–Crippen MR) is 163 cm³/mol. The number of amides is 2. The van der Waals surface area contributed by atoms with Crippen LogP contribution in [0.25, 0.3) is 10.1 Å². The maximum Gasteiger partial charge on any atom is 0.305 e. The van der Waals surface area contributed by atoms with Gasteiger partial charge in [0.25, 0.3) is 11.8 Å². The smallest absolute Gasteiger partial charge is 0.305 e. The van der Waals surface area contributed by atoms with Crippen LogP contribution in [0.5, 0.6) is 0 Å². The summed E-state index contributed by atoms with van der Waals surface area (Å²) in [5.41, 5.74) is 3.72. The van der Waals surface area contributed by atoms with Crippen LogP contribution in [0.3, 0.4) is 0 Å². The normalized spacial score (nSPS) is 13.4. The van der Waals surface area contributed by atoms with Crippen molar-refractivity contribution < 1.29 is 19.5 Å². The molecule has 0 saturated heterocycles. The molecule has 3 aromatic carbocycles. The van der Waals surface area contributed by atoms with Crippen molar-refractivity contribution >= 4 is 39.2 Å². The molecule has 0 fully saturated rings. The van der Waals surface area contributed by atoms with Gasteiger partial charge < -0.3 is 15.3 Å². The second kappa shape index (κ2) is 13.2. The number of hydrogen-bond donors (Lipinski definition) is 2. The van der Waals surface area contributed by atoms with E-state index >= 15 is 0 Å². The summed E-state index contributed by atoms with van der Waals surface area (Å²) in [5, 5.41) is 12.5. The summed E-state index contributed by atoms with van der Waals surface area (Å²) in [7, 11) is 0. The highest BCUT2D eigenvalue weighted by atomic mass is 32.1. The van der Waals surface area contributed by atoms with Crippen molar-refractivity contribution in [1.29, 1.82) is 0 Å². The lowest BCUT2D eigenvalue weighted by molar-refractivity contribution is -0.136. The number of carbonyl (C=O) groups is 3. The minimum absolute atomic E-state index is 0.0189. The van der Waals surface area contributed by atoms with Crippen molar-refractivity contribution in [1.82, 2.24) is 10.2 Å². The van der Waals surface area contributed by atoms with Gasteiger partial charge in [-0.3, -0.25) is 14.4 Å². The summed E-state index contributed by atoms with van der Waals surface area (Å²) in [6.45, 7) is 0.956. The van der Waals surface area contributed by atoms with Crippen LogP contribution in [-0.2, 0) is 11.3 Å². The van der Waals surface area contributed by atoms with Gasteiger partial charge in [-0.25, -0.2) is 0 Å². The van der Waals surface area contributed by atoms with Gasteiger partial charge in [0, 0.05) is 35.8 Å². The van der Waals surface area contributed by atoms with E-state index in [0.29, 0.717) is 23.5 Å². The molecule has 1 aromatic heterocycles. The minimum Gasteiger partial charge on any atom is -0.481 e. The second-order valence-electron chi connectivity index (χ2n) is 10.1. The lowest BCUT2D eigenvalue weighted by Gasteiger charge is -2.29. The molecule has 1 unspecified atom stereocenters. The Hall–Kier alpha value is -4.49. The SMILES string of the molecule is O=C(O)CCNC(=O)c1ccc(CN(CC(C2=CCCC=C2)c2ccccc2)C(=O)c2cc3ccccc3s2)cc1. The first-order valence-corrected chi connectivity index (χ1v) is 14.6. The molecule has 4 aromatic rings. The molecule has 1 heterocycles. The topological polar surface area (TPSA) is 86.7 Å². The largest absolute Gasteiger partial charge is 0.481 e. The number of nitrogens with one attached hydrogen (secondary N) is 1. The number of benzene rings is 3. The van der Waals surface area contributed by atoms with Gasteiger partial charge in [-0.1, -0.05) is 78.9 Å². The highest BCUT2D eigenvalue weighted by Gasteiger charge is 2.25. The van der Waals surface area contributed by atoms with E-state index in [-0.39, 0.29) is 30.7 Å². The fourth-order valence-electron chi connectivity index (χ4n) is 5.03. The van der Waals surface area contributed by atoms with E-state index in [0.717, 1.165) is 34.1 Å². The van der Waals surface area contributed by atoms with E-state index in [1.54, 1.807) is 12.1 Å². The average Bonchev–Trinajstić information content (AvgIpc) is 3.44. The van der Waals surface area contributed by atoms with Crippen LogP contribution in [0.4, 0.5) is 0 Å². The Bertz CT molecular complexity index is 1560. The maximum absolute atomic E-state index is 14.1. The van der Waals surface area contributed by atoms with Gasteiger partial charge in [-0.15, -0.1) is 11.3 Å². The molecule has 41 heavy (non-hydrogen) atoms. The summed E-state index contributed by atoms with van der Waals surface area (Å²) >= 11 is 1.50. The molecule has 5 rings (SSSR count). The quantitative estimate of drug-likeness (QED) is 0.210. The molecule has 1 atom stereocenters. The number of carbonyl (C=O) groups excluding carboxylic acids is 2. The second-order valence-corrected chi connectivity index (χ2v) is 11.2. The number of aliphatic carboxylic acids is 1. The third-order valence-corrected chi connectivity index (χ3v) is 8.27. The van der Waals surface area contributed by atoms with Crippen LogP contribution < -0.4 is 5.32 Å². The van der Waals surface area contributed by atoms with Crippen LogP contribution in [-0.4, -0.2) is 40.9 Å². The minimum atomic E-state index is -0.961. The molecule has 7 heteroatoms. The molecule has 0 aliphatic heterocycles. The Morgan fingerprint density at radius 3 is 2.39 bits per heavy atom. The first kappa shape index (κ1) is 28.1. The van der Waals surface area contributed by atoms with E-state index in [1.807, 2.05) is 65.6 Å². The van der Waals surface area contributed by atoms with Gasteiger partial charge in [0.1, 0.15) is 0 Å². The third kappa shape index (κ3) is 7.18. The van der Waals surface area contributed by atoms with E-state index in [4.69, 9.17) is 5.11 Å². The van der Waals surface area contributed by atoms with E-state index < -0.39 is 5.97 Å². The maximum atomic E-state index is 14.1. The van der Waals surface area contributed by atoms with Crippen LogP contribution >= 0.6 is 11.3 Å². The Balaban J connectivity index is 1.42. The first-order valence-electron chi connectivity index (χ1n) is 13.8. The number of fused-ring (bicyclic) bond motifs is 1. The summed E-state index contributed by atoms with van der Waals surface area (Å²) in [5.74, 6) is -1.29. The molecule has 2 amide bonds. The summed E-state index contributed by atoms with van der Waals surface area (Å²) < 4.78 is 1.08. The number of nitrogens with zero attached hydrogens (tertiary/aromatic N) is 1. The fourth-order valence-corrected chi connectivity index (χ4v) is 6.06. The molecular formula is C34H32N2O4S. The monoisotopic (exact) mass is 564 g/mol. The molecule has 0 bridgehead atoms. The lowest BCUT2D eigenvalue weighted by Crippen LogP contribution is -2.34. The van der Waals surface area contributed by atoms with Crippen molar-refractivity contribution in [2.75, 3.05) is 13.1 Å². The number of carboxylic acids is 1. The highest BCUT2D eigenvalue weighted by molar-refractivity contribution is 7.20. The Labute approximate surface area is 243 Å². The van der Waals surface area contributed by atoms with Crippen molar-refractivity contribution in [2.45, 2.75) is 31.7 Å². The summed E-state index contributed by atoms with van der Waals surface area (Å²) in [6, 6.07) is 27.5. The van der Waals surface area contributed by atoms with Crippen molar-refractivity contribution in [3.8, 4) is 0 Å². The first-order chi connectivity index (χ1) is 20.0. The van der Waals surface area contributed by atoms with Gasteiger partial charge in [0.15, 0.2) is 0 Å². The fraction of sp³-hybridized carbons (Fsp3) is 0.206. The standard InChI is InChI=1S/C34H32N2O4S/c37-32(38)19-20-35-33(39)27-17-15-24(16-18-27)22-36(34(40)31-21-28-13-7-8-14-30(28)41-31)23-29(25-9-3-1-4-10-25)26-11-5-2-6-12-26/h1,3-5,7-18,21,29H,2,6,19-20,22-23H2,(H,35,39)(H,37,38). The van der Waals surface area contributed by atoms with Gasteiger partial charge in [-0.2, -0.15) is 0 Å². The van der Waals surface area contributed by atoms with E-state index in [9.17, 15) is 14.4 Å². The van der Waals surface area contributed by atoms with Gasteiger partial charge in [0.05, 0.1) is 11.3 Å². The van der Waals surface area contributed by atoms with Gasteiger partial charge >= 0.3 is 5.97 Å². The lowest BCUT2D eigenvalue weighted by atomic mass is 9.87. The average molecular weight is 565 g/mol. The molecule has 1 aliphatic carbocycles. The number of carboxylic acid groups (broad SMARTS) is 1. The summed E-state index contributed by atoms with van der Waals surface area (Å²) in [6.07, 6.45) is 8.52. The molecule has 1 aliphatic rings. The van der Waals surface area contributed by atoms with Crippen LogP contribution in [0.15, 0.2) is 109 Å². The van der Waals surface area contributed by atoms with Crippen molar-refractivity contribution in [2.24, 2.45) is 0 Å². The predicted octanol–water partition coefficient (Wildman–Crippen LogP) is 6.81. The Kier molecular flexibility index (Phi) is 9.06. The molecule has 6 nitrogen and oxygen atoms in total. The Morgan fingerprint density at radius 2 is 1.68 bits per heavy atom.